The highest BCUT2D eigenvalue weighted by molar-refractivity contribution is 7.89. The molecule has 1 aliphatic carbocycles. The van der Waals surface area contributed by atoms with Gasteiger partial charge in [0.2, 0.25) is 10.0 Å². The van der Waals surface area contributed by atoms with Crippen molar-refractivity contribution in [2.24, 2.45) is 11.1 Å². The maximum absolute atomic E-state index is 12.9. The molecule has 192 valence electrons. The van der Waals surface area contributed by atoms with Crippen LogP contribution in [0.5, 0.6) is 0 Å². The fraction of sp³-hybridized carbons (Fsp3) is 0.259. The van der Waals surface area contributed by atoms with E-state index >= 15 is 0 Å². The quantitative estimate of drug-likeness (QED) is 0.161. The highest BCUT2D eigenvalue weighted by Crippen LogP contribution is 2.40. The number of rotatable bonds is 10. The molecule has 0 amide bonds. The summed E-state index contributed by atoms with van der Waals surface area (Å²) in [6.45, 7) is 0.221. The number of aromatic nitrogens is 2. The van der Waals surface area contributed by atoms with Crippen molar-refractivity contribution in [2.75, 3.05) is 13.2 Å². The number of benzene rings is 2. The van der Waals surface area contributed by atoms with Crippen LogP contribution in [0.25, 0.3) is 16.4 Å². The summed E-state index contributed by atoms with van der Waals surface area (Å²) in [4.78, 5) is 10.7. The topological polar surface area (TPSA) is 111 Å². The van der Waals surface area contributed by atoms with E-state index in [-0.39, 0.29) is 18.0 Å². The van der Waals surface area contributed by atoms with Crippen molar-refractivity contribution in [3.8, 4) is 0 Å². The van der Waals surface area contributed by atoms with Gasteiger partial charge in [-0.25, -0.2) is 18.1 Å². The number of hydrogen-bond acceptors (Lipinski definition) is 6. The lowest BCUT2D eigenvalue weighted by molar-refractivity contribution is 0.0527. The van der Waals surface area contributed by atoms with Crippen molar-refractivity contribution < 1.29 is 13.3 Å². The molecule has 2 aromatic carbocycles. The van der Waals surface area contributed by atoms with Crippen LogP contribution in [0.2, 0.25) is 0 Å². The molecule has 37 heavy (non-hydrogen) atoms. The first-order valence-corrected chi connectivity index (χ1v) is 14.1. The molecular weight excluding hydrogens is 506 g/mol. The monoisotopic (exact) mass is 535 g/mol. The van der Waals surface area contributed by atoms with Gasteiger partial charge in [0.15, 0.2) is 0 Å². The second kappa shape index (κ2) is 10.6. The fourth-order valence-electron chi connectivity index (χ4n) is 4.93. The van der Waals surface area contributed by atoms with Gasteiger partial charge in [-0.05, 0) is 48.8 Å². The Morgan fingerprint density at radius 1 is 1.16 bits per heavy atom. The number of imidazole rings is 1. The minimum absolute atomic E-state index is 0.100. The summed E-state index contributed by atoms with van der Waals surface area (Å²) in [5.74, 6) is 0. The van der Waals surface area contributed by atoms with E-state index in [0.717, 1.165) is 41.6 Å². The van der Waals surface area contributed by atoms with Crippen molar-refractivity contribution in [3.05, 3.63) is 90.5 Å². The van der Waals surface area contributed by atoms with Crippen molar-refractivity contribution in [1.82, 2.24) is 19.6 Å². The first kappa shape index (κ1) is 25.3. The lowest BCUT2D eigenvalue weighted by Gasteiger charge is -2.38. The maximum Gasteiger partial charge on any atom is 0.241 e. The number of nitrogens with two attached hydrogens (primary N) is 1. The van der Waals surface area contributed by atoms with E-state index in [1.54, 1.807) is 24.4 Å². The Labute approximate surface area is 221 Å². The molecule has 4 N–H and O–H groups in total. The number of hydrogen-bond donors (Lipinski definition) is 3. The van der Waals surface area contributed by atoms with Gasteiger partial charge in [-0.15, -0.1) is 0 Å². The smallest absolute Gasteiger partial charge is 0.241 e. The molecule has 0 fully saturated rings. The third-order valence-corrected chi connectivity index (χ3v) is 8.73. The number of nitrogens with zero attached hydrogens (tertiary/aromatic N) is 2. The number of pyridine rings is 1. The van der Waals surface area contributed by atoms with E-state index in [1.165, 1.54) is 0 Å². The van der Waals surface area contributed by atoms with Gasteiger partial charge in [-0.3, -0.25) is 10.3 Å². The minimum Gasteiger partial charge on any atom is -0.393 e. The average Bonchev–Trinajstić information content (AvgIpc) is 3.37. The van der Waals surface area contributed by atoms with Crippen molar-refractivity contribution >= 4 is 43.6 Å². The predicted octanol–water partition coefficient (Wildman–Crippen LogP) is 3.87. The number of sulfonamides is 1. The summed E-state index contributed by atoms with van der Waals surface area (Å²) in [5, 5.41) is 1.55. The number of fused-ring (bicyclic) bond motifs is 2. The molecule has 2 heterocycles. The van der Waals surface area contributed by atoms with Gasteiger partial charge in [-0.2, -0.15) is 0 Å². The van der Waals surface area contributed by atoms with Gasteiger partial charge in [0, 0.05) is 36.2 Å². The van der Waals surface area contributed by atoms with Gasteiger partial charge >= 0.3 is 0 Å². The van der Waals surface area contributed by atoms with Gasteiger partial charge < -0.3 is 10.1 Å². The largest absolute Gasteiger partial charge is 0.393 e. The average molecular weight is 536 g/mol. The fourth-order valence-corrected chi connectivity index (χ4v) is 6.45. The molecule has 0 bridgehead atoms. The zero-order chi connectivity index (χ0) is 25.9. The molecule has 1 atom stereocenters. The molecule has 0 spiro atoms. The van der Waals surface area contributed by atoms with Gasteiger partial charge in [0.1, 0.15) is 5.65 Å². The summed E-state index contributed by atoms with van der Waals surface area (Å²) < 4.78 is 30.5. The molecule has 5 rings (SSSR count). The Morgan fingerprint density at radius 3 is 2.86 bits per heavy atom. The van der Waals surface area contributed by atoms with Crippen LogP contribution >= 0.6 is 12.2 Å². The summed E-state index contributed by atoms with van der Waals surface area (Å²) in [6.07, 6.45) is 11.0. The number of nitrogens with one attached hydrogen (secondary N) is 2. The molecule has 8 nitrogen and oxygen atoms in total. The lowest BCUT2D eigenvalue weighted by atomic mass is 9.72. The molecule has 0 aliphatic heterocycles. The normalized spacial score (nSPS) is 18.1. The second-order valence-corrected chi connectivity index (χ2v) is 11.4. The van der Waals surface area contributed by atoms with Crippen LogP contribution in [0, 0.1) is 5.41 Å². The Balaban J connectivity index is 1.23. The van der Waals surface area contributed by atoms with E-state index in [9.17, 15) is 8.42 Å². The highest BCUT2D eigenvalue weighted by atomic mass is 32.2. The van der Waals surface area contributed by atoms with Crippen LogP contribution in [0.3, 0.4) is 0 Å². The molecule has 0 saturated carbocycles. The van der Waals surface area contributed by atoms with Gasteiger partial charge in [-0.1, -0.05) is 60.8 Å². The first-order chi connectivity index (χ1) is 17.9. The zero-order valence-electron chi connectivity index (χ0n) is 20.3. The predicted molar refractivity (Wildman–Crippen MR) is 148 cm³/mol. The van der Waals surface area contributed by atoms with E-state index in [0.29, 0.717) is 16.8 Å². The minimum atomic E-state index is -3.70. The highest BCUT2D eigenvalue weighted by Gasteiger charge is 2.39. The SMILES string of the molecule is NC(=S)C1(Cc2ccc3nccn3c2)CCCC=C1NOCCNS(=O)(=O)c1cccc2ccccc12. The van der Waals surface area contributed by atoms with E-state index in [4.69, 9.17) is 22.8 Å². The van der Waals surface area contributed by atoms with Crippen molar-refractivity contribution in [1.29, 1.82) is 0 Å². The Bertz CT molecular complexity index is 1580. The standard InChI is InChI=1S/C27H29N5O3S2/c28-26(36)27(18-20-11-12-25-29-14-16-32(25)19-20)13-4-3-10-24(27)31-35-17-15-30-37(33,34)23-9-5-7-21-6-1-2-8-22(21)23/h1-2,5-12,14,16,19,30-31H,3-4,13,15,17-18H2,(H2,28,36). The van der Waals surface area contributed by atoms with Crippen molar-refractivity contribution in [2.45, 2.75) is 30.6 Å². The maximum atomic E-state index is 12.9. The Morgan fingerprint density at radius 2 is 2.00 bits per heavy atom. The summed E-state index contributed by atoms with van der Waals surface area (Å²) in [6, 6.07) is 16.7. The molecule has 0 radical (unpaired) electrons. The van der Waals surface area contributed by atoms with E-state index in [2.05, 4.69) is 21.3 Å². The van der Waals surface area contributed by atoms with Crippen LogP contribution in [0.1, 0.15) is 24.8 Å². The molecule has 2 aromatic heterocycles. The zero-order valence-corrected chi connectivity index (χ0v) is 21.9. The van der Waals surface area contributed by atoms with E-state index < -0.39 is 15.4 Å². The Hall–Kier alpha value is -3.31. The van der Waals surface area contributed by atoms with Gasteiger partial charge in [0.05, 0.1) is 21.9 Å². The summed E-state index contributed by atoms with van der Waals surface area (Å²) in [5.41, 5.74) is 11.5. The summed E-state index contributed by atoms with van der Waals surface area (Å²) in [7, 11) is -3.70. The third-order valence-electron chi connectivity index (χ3n) is 6.82. The third kappa shape index (κ3) is 5.24. The first-order valence-electron chi connectivity index (χ1n) is 12.2. The molecule has 0 saturated heterocycles. The number of allylic oxidation sites excluding steroid dienone is 1. The number of hydroxylamine groups is 1. The molecule has 1 unspecified atom stereocenters. The summed E-state index contributed by atoms with van der Waals surface area (Å²) >= 11 is 5.56. The van der Waals surface area contributed by atoms with Crippen LogP contribution in [0.4, 0.5) is 0 Å². The molecule has 10 heteroatoms. The van der Waals surface area contributed by atoms with Crippen LogP contribution in [-0.4, -0.2) is 35.9 Å². The van der Waals surface area contributed by atoms with Crippen LogP contribution in [0.15, 0.2) is 89.9 Å². The number of thiocarbonyl (C=S) groups is 1. The lowest BCUT2D eigenvalue weighted by Crippen LogP contribution is -2.45. The molecular formula is C27H29N5O3S2. The Kier molecular flexibility index (Phi) is 7.25. The van der Waals surface area contributed by atoms with Crippen molar-refractivity contribution in [3.63, 3.8) is 0 Å². The molecule has 4 aromatic rings. The van der Waals surface area contributed by atoms with Gasteiger partial charge in [0.25, 0.3) is 0 Å². The van der Waals surface area contributed by atoms with E-state index in [1.807, 2.05) is 53.2 Å². The second-order valence-electron chi connectivity index (χ2n) is 9.19. The molecule has 1 aliphatic rings. The van der Waals surface area contributed by atoms with Crippen LogP contribution in [-0.2, 0) is 21.3 Å². The van der Waals surface area contributed by atoms with Crippen LogP contribution < -0.4 is 15.9 Å².